The van der Waals surface area contributed by atoms with Gasteiger partial charge in [-0.3, -0.25) is 18.7 Å². The molecule has 28 heavy (non-hydrogen) atoms. The fraction of sp³-hybridized carbons (Fsp3) is 0.476. The summed E-state index contributed by atoms with van der Waals surface area (Å²) in [6, 6.07) is 9.38. The van der Waals surface area contributed by atoms with Crippen LogP contribution in [0.3, 0.4) is 0 Å². The molecule has 2 heterocycles. The molecule has 0 saturated carbocycles. The molecule has 7 heteroatoms. The summed E-state index contributed by atoms with van der Waals surface area (Å²) in [5, 5.41) is 3.00. The number of nitrogens with zero attached hydrogens (tertiary/aromatic N) is 3. The number of hydrogen-bond acceptors (Lipinski definition) is 4. The van der Waals surface area contributed by atoms with Crippen LogP contribution in [-0.4, -0.2) is 28.1 Å². The molecule has 0 aliphatic carbocycles. The molecule has 1 aliphatic rings. The molecule has 1 amide bonds. The first kappa shape index (κ1) is 19.9. The Hall–Kier alpha value is -2.83. The van der Waals surface area contributed by atoms with Crippen molar-refractivity contribution >= 4 is 17.4 Å². The summed E-state index contributed by atoms with van der Waals surface area (Å²) in [6.07, 6.45) is 1.61. The van der Waals surface area contributed by atoms with Crippen LogP contribution in [0.4, 0.5) is 11.5 Å². The highest BCUT2D eigenvalue weighted by atomic mass is 16.2. The normalized spacial score (nSPS) is 17.0. The lowest BCUT2D eigenvalue weighted by molar-refractivity contribution is -0.120. The van der Waals surface area contributed by atoms with Crippen molar-refractivity contribution in [3.05, 3.63) is 56.7 Å². The topological polar surface area (TPSA) is 76.3 Å². The summed E-state index contributed by atoms with van der Waals surface area (Å²) in [5.41, 5.74) is 1.31. The SMILES string of the molecule is CC(C)c1ccc(NC(=O)[C@H]2CCCN(c3cc(=O)n(C)c(=O)n3C)C2)cc1. The molecule has 1 N–H and O–H groups in total. The second kappa shape index (κ2) is 8.04. The van der Waals surface area contributed by atoms with Gasteiger partial charge in [-0.2, -0.15) is 0 Å². The number of amides is 1. The van der Waals surface area contributed by atoms with Crippen LogP contribution < -0.4 is 21.5 Å². The van der Waals surface area contributed by atoms with Gasteiger partial charge in [0.2, 0.25) is 5.91 Å². The van der Waals surface area contributed by atoms with Gasteiger partial charge in [0.15, 0.2) is 0 Å². The Morgan fingerprint density at radius 3 is 2.43 bits per heavy atom. The van der Waals surface area contributed by atoms with Crippen molar-refractivity contribution in [2.45, 2.75) is 32.6 Å². The summed E-state index contributed by atoms with van der Waals surface area (Å²) < 4.78 is 2.55. The number of carbonyl (C=O) groups is 1. The van der Waals surface area contributed by atoms with E-state index in [-0.39, 0.29) is 23.1 Å². The van der Waals surface area contributed by atoms with Crippen molar-refractivity contribution < 1.29 is 4.79 Å². The molecule has 1 aromatic carbocycles. The first-order valence-corrected chi connectivity index (χ1v) is 9.70. The Morgan fingerprint density at radius 1 is 1.11 bits per heavy atom. The number of anilines is 2. The number of rotatable bonds is 4. The number of hydrogen-bond donors (Lipinski definition) is 1. The molecule has 0 spiro atoms. The molecule has 7 nitrogen and oxygen atoms in total. The van der Waals surface area contributed by atoms with Crippen LogP contribution in [0, 0.1) is 5.92 Å². The number of benzene rings is 1. The summed E-state index contributed by atoms with van der Waals surface area (Å²) in [7, 11) is 3.11. The highest BCUT2D eigenvalue weighted by Gasteiger charge is 2.27. The van der Waals surface area contributed by atoms with E-state index in [0.29, 0.717) is 24.8 Å². The van der Waals surface area contributed by atoms with Crippen LogP contribution in [-0.2, 0) is 18.9 Å². The molecule has 1 atom stereocenters. The summed E-state index contributed by atoms with van der Waals surface area (Å²) in [4.78, 5) is 39.0. The van der Waals surface area contributed by atoms with Crippen LogP contribution in [0.2, 0.25) is 0 Å². The third kappa shape index (κ3) is 4.03. The molecule has 150 valence electrons. The van der Waals surface area contributed by atoms with E-state index < -0.39 is 0 Å². The van der Waals surface area contributed by atoms with Crippen LogP contribution in [0.15, 0.2) is 39.9 Å². The molecule has 0 unspecified atom stereocenters. The minimum absolute atomic E-state index is 0.0316. The van der Waals surface area contributed by atoms with E-state index in [1.165, 1.54) is 23.2 Å². The smallest absolute Gasteiger partial charge is 0.332 e. The number of piperidine rings is 1. The zero-order chi connectivity index (χ0) is 20.4. The van der Waals surface area contributed by atoms with E-state index in [0.717, 1.165) is 23.1 Å². The third-order valence-electron chi connectivity index (χ3n) is 5.46. The van der Waals surface area contributed by atoms with Crippen molar-refractivity contribution in [1.82, 2.24) is 9.13 Å². The molecule has 0 bridgehead atoms. The van der Waals surface area contributed by atoms with Gasteiger partial charge in [0.25, 0.3) is 5.56 Å². The molecule has 0 radical (unpaired) electrons. The summed E-state index contributed by atoms with van der Waals surface area (Å²) in [6.45, 7) is 5.46. The Bertz CT molecular complexity index is 973. The maximum atomic E-state index is 12.8. The Morgan fingerprint density at radius 2 is 1.79 bits per heavy atom. The zero-order valence-corrected chi connectivity index (χ0v) is 16.9. The van der Waals surface area contributed by atoms with Crippen molar-refractivity contribution in [3.63, 3.8) is 0 Å². The van der Waals surface area contributed by atoms with Crippen LogP contribution >= 0.6 is 0 Å². The molecule has 1 saturated heterocycles. The van der Waals surface area contributed by atoms with Gasteiger partial charge in [-0.1, -0.05) is 26.0 Å². The van der Waals surface area contributed by atoms with Gasteiger partial charge in [0.1, 0.15) is 5.82 Å². The lowest BCUT2D eigenvalue weighted by Crippen LogP contribution is -2.45. The van der Waals surface area contributed by atoms with Gasteiger partial charge in [0.05, 0.1) is 5.92 Å². The third-order valence-corrected chi connectivity index (χ3v) is 5.46. The maximum absolute atomic E-state index is 12.8. The Balaban J connectivity index is 1.74. The second-order valence-corrected chi connectivity index (χ2v) is 7.79. The van der Waals surface area contributed by atoms with Gasteiger partial charge in [0, 0.05) is 38.9 Å². The first-order valence-electron chi connectivity index (χ1n) is 9.70. The van der Waals surface area contributed by atoms with E-state index in [9.17, 15) is 14.4 Å². The maximum Gasteiger partial charge on any atom is 0.332 e. The summed E-state index contributed by atoms with van der Waals surface area (Å²) in [5.74, 6) is 0.780. The van der Waals surface area contributed by atoms with E-state index in [4.69, 9.17) is 0 Å². The minimum atomic E-state index is -0.362. The van der Waals surface area contributed by atoms with Crippen LogP contribution in [0.5, 0.6) is 0 Å². The quantitative estimate of drug-likeness (QED) is 0.875. The van der Waals surface area contributed by atoms with Gasteiger partial charge >= 0.3 is 5.69 Å². The van der Waals surface area contributed by atoms with Gasteiger partial charge < -0.3 is 10.2 Å². The van der Waals surface area contributed by atoms with E-state index >= 15 is 0 Å². The van der Waals surface area contributed by atoms with Crippen molar-refractivity contribution in [2.24, 2.45) is 20.0 Å². The predicted molar refractivity (Wildman–Crippen MR) is 111 cm³/mol. The second-order valence-electron chi connectivity index (χ2n) is 7.79. The molecule has 3 rings (SSSR count). The molecule has 2 aromatic rings. The van der Waals surface area contributed by atoms with E-state index in [1.807, 2.05) is 29.2 Å². The number of carbonyl (C=O) groups excluding carboxylic acids is 1. The van der Waals surface area contributed by atoms with Crippen molar-refractivity contribution in [2.75, 3.05) is 23.3 Å². The Kier molecular flexibility index (Phi) is 5.72. The average Bonchev–Trinajstić information content (AvgIpc) is 2.69. The van der Waals surface area contributed by atoms with Crippen molar-refractivity contribution in [1.29, 1.82) is 0 Å². The fourth-order valence-electron chi connectivity index (χ4n) is 3.62. The van der Waals surface area contributed by atoms with E-state index in [1.54, 1.807) is 7.05 Å². The fourth-order valence-corrected chi connectivity index (χ4v) is 3.62. The number of nitrogens with one attached hydrogen (secondary N) is 1. The van der Waals surface area contributed by atoms with Gasteiger partial charge in [-0.05, 0) is 36.5 Å². The predicted octanol–water partition coefficient (Wildman–Crippen LogP) is 2.06. The molecule has 1 aliphatic heterocycles. The monoisotopic (exact) mass is 384 g/mol. The molecular formula is C21H28N4O3. The lowest BCUT2D eigenvalue weighted by Gasteiger charge is -2.34. The number of aromatic nitrogens is 2. The highest BCUT2D eigenvalue weighted by molar-refractivity contribution is 5.93. The summed E-state index contributed by atoms with van der Waals surface area (Å²) >= 11 is 0. The van der Waals surface area contributed by atoms with Gasteiger partial charge in [-0.15, -0.1) is 0 Å². The molecule has 1 aromatic heterocycles. The van der Waals surface area contributed by atoms with Gasteiger partial charge in [-0.25, -0.2) is 4.79 Å². The average molecular weight is 384 g/mol. The van der Waals surface area contributed by atoms with E-state index in [2.05, 4.69) is 19.2 Å². The van der Waals surface area contributed by atoms with Crippen LogP contribution in [0.1, 0.15) is 38.2 Å². The first-order chi connectivity index (χ1) is 13.3. The highest BCUT2D eigenvalue weighted by Crippen LogP contribution is 2.23. The minimum Gasteiger partial charge on any atom is -0.357 e. The standard InChI is InChI=1S/C21H28N4O3/c1-14(2)15-7-9-17(10-8-15)22-20(27)16-6-5-11-25(13-16)18-12-19(26)24(4)21(28)23(18)3/h7-10,12,14,16H,5-6,11,13H2,1-4H3,(H,22,27)/t16-/m0/s1. The lowest BCUT2D eigenvalue weighted by atomic mass is 9.96. The zero-order valence-electron chi connectivity index (χ0n) is 16.9. The Labute approximate surface area is 164 Å². The van der Waals surface area contributed by atoms with Crippen LogP contribution in [0.25, 0.3) is 0 Å². The molecular weight excluding hydrogens is 356 g/mol. The molecule has 1 fully saturated rings. The largest absolute Gasteiger partial charge is 0.357 e. The van der Waals surface area contributed by atoms with Crippen molar-refractivity contribution in [3.8, 4) is 0 Å².